The van der Waals surface area contributed by atoms with Gasteiger partial charge >= 0.3 is 5.97 Å². The van der Waals surface area contributed by atoms with Gasteiger partial charge < -0.3 is 9.64 Å². The molecule has 0 saturated carbocycles. The van der Waals surface area contributed by atoms with Crippen molar-refractivity contribution >= 4 is 22.4 Å². The van der Waals surface area contributed by atoms with Gasteiger partial charge in [0.25, 0.3) is 0 Å². The fourth-order valence-electron chi connectivity index (χ4n) is 2.57. The summed E-state index contributed by atoms with van der Waals surface area (Å²) in [5.41, 5.74) is 1.01. The lowest BCUT2D eigenvalue weighted by atomic mass is 10.1. The first-order valence-electron chi connectivity index (χ1n) is 7.57. The van der Waals surface area contributed by atoms with Crippen molar-refractivity contribution in [3.05, 3.63) is 11.1 Å². The van der Waals surface area contributed by atoms with E-state index in [1.165, 1.54) is 25.7 Å². The predicted molar refractivity (Wildman–Crippen MR) is 82.3 cm³/mol. The van der Waals surface area contributed by atoms with Crippen molar-refractivity contribution in [3.63, 3.8) is 0 Å². The molecule has 5 heteroatoms. The van der Waals surface area contributed by atoms with Crippen molar-refractivity contribution in [1.29, 1.82) is 0 Å². The van der Waals surface area contributed by atoms with E-state index < -0.39 is 0 Å². The molecule has 1 atom stereocenters. The normalized spacial score (nSPS) is 19.7. The van der Waals surface area contributed by atoms with Gasteiger partial charge in [-0.2, -0.15) is 0 Å². The molecule has 1 aliphatic heterocycles. The predicted octanol–water partition coefficient (Wildman–Crippen LogP) is 3.41. The number of carbonyl (C=O) groups is 1. The Morgan fingerprint density at radius 1 is 1.50 bits per heavy atom. The highest BCUT2D eigenvalue weighted by molar-refractivity contribution is 7.13. The molecule has 0 amide bonds. The number of anilines is 1. The van der Waals surface area contributed by atoms with E-state index in [2.05, 4.69) is 17.2 Å². The SMILES string of the molecule is CCOC(=O)CCc1csc(N2CCCCCC2C)n1. The molecule has 0 bridgehead atoms. The molecule has 1 aliphatic rings. The van der Waals surface area contributed by atoms with Gasteiger partial charge in [-0.1, -0.05) is 12.8 Å². The monoisotopic (exact) mass is 296 g/mol. The van der Waals surface area contributed by atoms with Crippen molar-refractivity contribution in [1.82, 2.24) is 4.98 Å². The molecule has 0 aromatic carbocycles. The van der Waals surface area contributed by atoms with E-state index in [0.29, 0.717) is 25.5 Å². The van der Waals surface area contributed by atoms with Crippen molar-refractivity contribution in [2.24, 2.45) is 0 Å². The number of hydrogen-bond acceptors (Lipinski definition) is 5. The minimum atomic E-state index is -0.134. The molecule has 1 aromatic rings. The molecule has 2 heterocycles. The minimum Gasteiger partial charge on any atom is -0.466 e. The van der Waals surface area contributed by atoms with Crippen LogP contribution in [-0.4, -0.2) is 30.1 Å². The third kappa shape index (κ3) is 4.20. The van der Waals surface area contributed by atoms with Gasteiger partial charge in [-0.05, 0) is 26.7 Å². The molecule has 1 fully saturated rings. The molecule has 20 heavy (non-hydrogen) atoms. The summed E-state index contributed by atoms with van der Waals surface area (Å²) < 4.78 is 4.95. The zero-order valence-corrected chi connectivity index (χ0v) is 13.2. The number of esters is 1. The number of rotatable bonds is 5. The summed E-state index contributed by atoms with van der Waals surface area (Å²) in [7, 11) is 0. The Morgan fingerprint density at radius 3 is 3.15 bits per heavy atom. The smallest absolute Gasteiger partial charge is 0.306 e. The molecule has 2 rings (SSSR count). The number of aryl methyl sites for hydroxylation is 1. The van der Waals surface area contributed by atoms with Crippen LogP contribution in [0.4, 0.5) is 5.13 Å². The fraction of sp³-hybridized carbons (Fsp3) is 0.733. The molecule has 0 spiro atoms. The van der Waals surface area contributed by atoms with Gasteiger partial charge in [-0.15, -0.1) is 11.3 Å². The molecule has 0 radical (unpaired) electrons. The van der Waals surface area contributed by atoms with Gasteiger partial charge in [0.2, 0.25) is 0 Å². The Balaban J connectivity index is 1.92. The zero-order chi connectivity index (χ0) is 14.4. The van der Waals surface area contributed by atoms with Crippen LogP contribution in [0.1, 0.15) is 51.6 Å². The van der Waals surface area contributed by atoms with Gasteiger partial charge in [0, 0.05) is 24.4 Å². The van der Waals surface area contributed by atoms with E-state index in [0.717, 1.165) is 17.4 Å². The van der Waals surface area contributed by atoms with Crippen molar-refractivity contribution in [3.8, 4) is 0 Å². The Bertz CT molecular complexity index is 433. The number of nitrogens with zero attached hydrogens (tertiary/aromatic N) is 2. The van der Waals surface area contributed by atoms with E-state index >= 15 is 0 Å². The molecule has 0 aliphatic carbocycles. The van der Waals surface area contributed by atoms with Crippen LogP contribution in [0.15, 0.2) is 5.38 Å². The maximum absolute atomic E-state index is 11.4. The van der Waals surface area contributed by atoms with Gasteiger partial charge in [-0.3, -0.25) is 4.79 Å². The first-order valence-corrected chi connectivity index (χ1v) is 8.45. The van der Waals surface area contributed by atoms with Crippen LogP contribution in [0.2, 0.25) is 0 Å². The van der Waals surface area contributed by atoms with Gasteiger partial charge in [0.1, 0.15) is 0 Å². The molecule has 1 saturated heterocycles. The van der Waals surface area contributed by atoms with Crippen LogP contribution in [0.5, 0.6) is 0 Å². The summed E-state index contributed by atoms with van der Waals surface area (Å²) in [5.74, 6) is -0.134. The lowest BCUT2D eigenvalue weighted by Crippen LogP contribution is -2.32. The summed E-state index contributed by atoms with van der Waals surface area (Å²) in [6.07, 6.45) is 6.24. The largest absolute Gasteiger partial charge is 0.466 e. The second-order valence-corrected chi connectivity index (χ2v) is 6.15. The summed E-state index contributed by atoms with van der Waals surface area (Å²) in [5, 5.41) is 3.19. The first-order chi connectivity index (χ1) is 9.70. The number of carbonyl (C=O) groups excluding carboxylic acids is 1. The van der Waals surface area contributed by atoms with Crippen molar-refractivity contribution in [2.75, 3.05) is 18.1 Å². The number of ether oxygens (including phenoxy) is 1. The van der Waals surface area contributed by atoms with Crippen LogP contribution in [0, 0.1) is 0 Å². The lowest BCUT2D eigenvalue weighted by Gasteiger charge is -2.26. The van der Waals surface area contributed by atoms with Gasteiger partial charge in [-0.25, -0.2) is 4.98 Å². The highest BCUT2D eigenvalue weighted by Gasteiger charge is 2.20. The summed E-state index contributed by atoms with van der Waals surface area (Å²) in [6, 6.07) is 0.571. The van der Waals surface area contributed by atoms with Gasteiger partial charge in [0.15, 0.2) is 5.13 Å². The summed E-state index contributed by atoms with van der Waals surface area (Å²) in [6.45, 7) is 5.67. The Hall–Kier alpha value is -1.10. The second kappa shape index (κ2) is 7.62. The van der Waals surface area contributed by atoms with E-state index in [1.54, 1.807) is 11.3 Å². The number of aromatic nitrogens is 1. The third-order valence-corrected chi connectivity index (χ3v) is 4.66. The quantitative estimate of drug-likeness (QED) is 0.781. The van der Waals surface area contributed by atoms with Crippen LogP contribution in [0.3, 0.4) is 0 Å². The Labute approximate surface area is 125 Å². The lowest BCUT2D eigenvalue weighted by molar-refractivity contribution is -0.143. The molecule has 1 unspecified atom stereocenters. The molecular weight excluding hydrogens is 272 g/mol. The number of hydrogen-bond donors (Lipinski definition) is 0. The van der Waals surface area contributed by atoms with Crippen LogP contribution >= 0.6 is 11.3 Å². The zero-order valence-electron chi connectivity index (χ0n) is 12.4. The highest BCUT2D eigenvalue weighted by Crippen LogP contribution is 2.27. The van der Waals surface area contributed by atoms with Crippen LogP contribution < -0.4 is 4.90 Å². The van der Waals surface area contributed by atoms with Gasteiger partial charge in [0.05, 0.1) is 18.7 Å². The first kappa shape index (κ1) is 15.3. The Kier molecular flexibility index (Phi) is 5.83. The third-order valence-electron chi connectivity index (χ3n) is 3.73. The van der Waals surface area contributed by atoms with E-state index in [9.17, 15) is 4.79 Å². The molecule has 1 aromatic heterocycles. The fourth-order valence-corrected chi connectivity index (χ4v) is 3.55. The topological polar surface area (TPSA) is 42.4 Å². The average Bonchev–Trinajstić information content (AvgIpc) is 2.79. The standard InChI is InChI=1S/C15H24N2O2S/c1-3-19-14(18)9-8-13-11-20-15(16-13)17-10-6-4-5-7-12(17)2/h11-12H,3-10H2,1-2H3. The summed E-state index contributed by atoms with van der Waals surface area (Å²) in [4.78, 5) is 18.5. The average molecular weight is 296 g/mol. The number of thiazole rings is 1. The molecular formula is C15H24N2O2S. The minimum absolute atomic E-state index is 0.134. The van der Waals surface area contributed by atoms with E-state index in [-0.39, 0.29) is 5.97 Å². The molecule has 112 valence electrons. The maximum atomic E-state index is 11.4. The highest BCUT2D eigenvalue weighted by atomic mass is 32.1. The van der Waals surface area contributed by atoms with Crippen molar-refractivity contribution < 1.29 is 9.53 Å². The Morgan fingerprint density at radius 2 is 2.35 bits per heavy atom. The van der Waals surface area contributed by atoms with Crippen LogP contribution in [0.25, 0.3) is 0 Å². The van der Waals surface area contributed by atoms with E-state index in [1.807, 2.05) is 6.92 Å². The van der Waals surface area contributed by atoms with E-state index in [4.69, 9.17) is 9.72 Å². The maximum Gasteiger partial charge on any atom is 0.306 e. The van der Waals surface area contributed by atoms with Crippen LogP contribution in [-0.2, 0) is 16.0 Å². The summed E-state index contributed by atoms with van der Waals surface area (Å²) >= 11 is 1.70. The molecule has 0 N–H and O–H groups in total. The second-order valence-electron chi connectivity index (χ2n) is 5.32. The molecule has 4 nitrogen and oxygen atoms in total. The van der Waals surface area contributed by atoms with Crippen molar-refractivity contribution in [2.45, 2.75) is 58.4 Å².